The molecule has 0 saturated carbocycles. The van der Waals surface area contributed by atoms with E-state index < -0.39 is 5.91 Å². The Balaban J connectivity index is 1.80. The van der Waals surface area contributed by atoms with Gasteiger partial charge in [-0.1, -0.05) is 29.8 Å². The molecule has 1 amide bonds. The summed E-state index contributed by atoms with van der Waals surface area (Å²) in [6, 6.07) is 15.4. The van der Waals surface area contributed by atoms with Crippen LogP contribution < -0.4 is 10.1 Å². The highest BCUT2D eigenvalue weighted by molar-refractivity contribution is 6.31. The number of halogens is 1. The quantitative estimate of drug-likeness (QED) is 0.488. The fourth-order valence-electron chi connectivity index (χ4n) is 2.90. The first-order chi connectivity index (χ1) is 12.6. The summed E-state index contributed by atoms with van der Waals surface area (Å²) in [5.41, 5.74) is 1.81. The molecule has 0 atom stereocenters. The molecule has 4 rings (SSSR count). The summed E-state index contributed by atoms with van der Waals surface area (Å²) in [6.07, 6.45) is 0. The molecule has 2 N–H and O–H groups in total. The van der Waals surface area contributed by atoms with Crippen LogP contribution in [0.4, 0.5) is 5.69 Å². The van der Waals surface area contributed by atoms with Gasteiger partial charge in [-0.05, 0) is 36.4 Å². The molecule has 0 aliphatic carbocycles. The normalized spacial score (nSPS) is 11.0. The molecule has 0 unspecified atom stereocenters. The number of hydrogen-bond acceptors (Lipinski definition) is 4. The summed E-state index contributed by atoms with van der Waals surface area (Å²) in [4.78, 5) is 12.7. The second kappa shape index (κ2) is 6.28. The van der Waals surface area contributed by atoms with Crippen LogP contribution in [-0.2, 0) is 0 Å². The average molecular weight is 368 g/mol. The van der Waals surface area contributed by atoms with E-state index in [4.69, 9.17) is 20.8 Å². The van der Waals surface area contributed by atoms with Crippen LogP contribution in [0.25, 0.3) is 21.9 Å². The van der Waals surface area contributed by atoms with E-state index >= 15 is 0 Å². The Kier molecular flexibility index (Phi) is 3.93. The van der Waals surface area contributed by atoms with Gasteiger partial charge in [0.2, 0.25) is 0 Å². The Morgan fingerprint density at radius 3 is 2.69 bits per heavy atom. The van der Waals surface area contributed by atoms with Gasteiger partial charge in [-0.15, -0.1) is 0 Å². The number of aromatic hydroxyl groups is 1. The summed E-state index contributed by atoms with van der Waals surface area (Å²) >= 11 is 5.93. The summed E-state index contributed by atoms with van der Waals surface area (Å²) in [5.74, 6) is -0.114. The second-order valence-corrected chi connectivity index (χ2v) is 6.20. The number of para-hydroxylation sites is 1. The van der Waals surface area contributed by atoms with E-state index in [0.717, 1.165) is 16.4 Å². The maximum Gasteiger partial charge on any atom is 0.259 e. The van der Waals surface area contributed by atoms with Gasteiger partial charge < -0.3 is 19.6 Å². The number of phenols is 1. The number of amides is 1. The molecule has 4 aromatic rings. The topological polar surface area (TPSA) is 71.7 Å². The fraction of sp³-hybridized carbons (Fsp3) is 0.0500. The van der Waals surface area contributed by atoms with Crippen LogP contribution in [0.5, 0.6) is 11.5 Å². The van der Waals surface area contributed by atoms with E-state index in [9.17, 15) is 9.90 Å². The highest BCUT2D eigenvalue weighted by atomic mass is 35.5. The Bertz CT molecular complexity index is 1150. The van der Waals surface area contributed by atoms with Gasteiger partial charge in [0.25, 0.3) is 5.91 Å². The smallest absolute Gasteiger partial charge is 0.259 e. The van der Waals surface area contributed by atoms with E-state index in [1.54, 1.807) is 12.1 Å². The van der Waals surface area contributed by atoms with Crippen LogP contribution in [-0.4, -0.2) is 18.1 Å². The molecule has 6 heteroatoms. The van der Waals surface area contributed by atoms with Gasteiger partial charge in [-0.2, -0.15) is 0 Å². The third kappa shape index (κ3) is 2.72. The third-order valence-electron chi connectivity index (χ3n) is 4.15. The van der Waals surface area contributed by atoms with Gasteiger partial charge in [-0.25, -0.2) is 0 Å². The minimum Gasteiger partial charge on any atom is -0.506 e. The lowest BCUT2D eigenvalue weighted by Crippen LogP contribution is -2.13. The molecule has 0 saturated heterocycles. The number of carbonyl (C=O) groups excluding carboxylic acids is 1. The van der Waals surface area contributed by atoms with Crippen molar-refractivity contribution in [2.45, 2.75) is 0 Å². The lowest BCUT2D eigenvalue weighted by Gasteiger charge is -2.11. The van der Waals surface area contributed by atoms with Crippen LogP contribution in [0.15, 0.2) is 59.0 Å². The summed E-state index contributed by atoms with van der Waals surface area (Å²) in [5, 5.41) is 14.8. The van der Waals surface area contributed by atoms with Crippen molar-refractivity contribution in [3.8, 4) is 11.5 Å². The number of carbonyl (C=O) groups is 1. The Morgan fingerprint density at radius 2 is 1.88 bits per heavy atom. The molecule has 1 heterocycles. The van der Waals surface area contributed by atoms with Crippen molar-refractivity contribution in [3.05, 3.63) is 65.2 Å². The van der Waals surface area contributed by atoms with Gasteiger partial charge in [0, 0.05) is 15.8 Å². The SMILES string of the molecule is COc1cc2c(cc1C(=O)Nc1cc(Cl)ccc1O)oc1ccccc12. The number of nitrogens with one attached hydrogen (secondary N) is 1. The number of fused-ring (bicyclic) bond motifs is 3. The summed E-state index contributed by atoms with van der Waals surface area (Å²) < 4.78 is 11.2. The van der Waals surface area contributed by atoms with Crippen LogP contribution in [0.1, 0.15) is 10.4 Å². The number of ether oxygens (including phenoxy) is 1. The van der Waals surface area contributed by atoms with Crippen LogP contribution in [0.2, 0.25) is 5.02 Å². The fourth-order valence-corrected chi connectivity index (χ4v) is 3.07. The lowest BCUT2D eigenvalue weighted by atomic mass is 10.1. The van der Waals surface area contributed by atoms with Crippen LogP contribution in [0, 0.1) is 0 Å². The van der Waals surface area contributed by atoms with Crippen molar-refractivity contribution in [1.29, 1.82) is 0 Å². The van der Waals surface area contributed by atoms with Crippen molar-refractivity contribution in [2.24, 2.45) is 0 Å². The molecule has 0 aliphatic heterocycles. The molecule has 130 valence electrons. The maximum atomic E-state index is 12.7. The molecule has 1 aromatic heterocycles. The Hall–Kier alpha value is -3.18. The zero-order chi connectivity index (χ0) is 18.3. The van der Waals surface area contributed by atoms with E-state index in [1.807, 2.05) is 24.3 Å². The third-order valence-corrected chi connectivity index (χ3v) is 4.39. The minimum atomic E-state index is -0.443. The number of hydrogen-bond donors (Lipinski definition) is 2. The first kappa shape index (κ1) is 16.3. The molecule has 5 nitrogen and oxygen atoms in total. The molecule has 0 fully saturated rings. The van der Waals surface area contributed by atoms with E-state index in [-0.39, 0.29) is 11.4 Å². The predicted octanol–water partition coefficient (Wildman–Crippen LogP) is 5.21. The zero-order valence-corrected chi connectivity index (χ0v) is 14.5. The van der Waals surface area contributed by atoms with Crippen molar-refractivity contribution in [3.63, 3.8) is 0 Å². The van der Waals surface area contributed by atoms with Gasteiger partial charge >= 0.3 is 0 Å². The molecule has 0 aliphatic rings. The van der Waals surface area contributed by atoms with Crippen molar-refractivity contribution in [1.82, 2.24) is 0 Å². The molecule has 3 aromatic carbocycles. The zero-order valence-electron chi connectivity index (χ0n) is 13.7. The predicted molar refractivity (Wildman–Crippen MR) is 101 cm³/mol. The van der Waals surface area contributed by atoms with Crippen LogP contribution in [0.3, 0.4) is 0 Å². The molecule has 26 heavy (non-hydrogen) atoms. The standard InChI is InChI=1S/C20H14ClNO4/c1-25-18-9-13-12-4-2-3-5-17(12)26-19(13)10-14(18)20(24)22-15-8-11(21)6-7-16(15)23/h2-10,23H,1H3,(H,22,24). The summed E-state index contributed by atoms with van der Waals surface area (Å²) in [6.45, 7) is 0. The second-order valence-electron chi connectivity index (χ2n) is 5.76. The maximum absolute atomic E-state index is 12.7. The first-order valence-corrected chi connectivity index (χ1v) is 8.24. The lowest BCUT2D eigenvalue weighted by molar-refractivity contribution is 0.102. The highest BCUT2D eigenvalue weighted by Gasteiger charge is 2.18. The monoisotopic (exact) mass is 367 g/mol. The first-order valence-electron chi connectivity index (χ1n) is 7.86. The van der Waals surface area contributed by atoms with E-state index in [2.05, 4.69) is 5.32 Å². The Labute approximate surface area is 153 Å². The molecular weight excluding hydrogens is 354 g/mol. The minimum absolute atomic E-state index is 0.0773. The van der Waals surface area contributed by atoms with Gasteiger partial charge in [0.05, 0.1) is 18.4 Å². The largest absolute Gasteiger partial charge is 0.506 e. The van der Waals surface area contributed by atoms with Crippen molar-refractivity contribution >= 4 is 45.1 Å². The highest BCUT2D eigenvalue weighted by Crippen LogP contribution is 2.34. The van der Waals surface area contributed by atoms with Gasteiger partial charge in [-0.3, -0.25) is 4.79 Å². The number of methoxy groups -OCH3 is 1. The number of benzene rings is 3. The molecule has 0 radical (unpaired) electrons. The van der Waals surface area contributed by atoms with Gasteiger partial charge in [0.15, 0.2) is 0 Å². The summed E-state index contributed by atoms with van der Waals surface area (Å²) in [7, 11) is 1.50. The number of anilines is 1. The molecule has 0 bridgehead atoms. The van der Waals surface area contributed by atoms with Crippen molar-refractivity contribution in [2.75, 3.05) is 12.4 Å². The van der Waals surface area contributed by atoms with Crippen molar-refractivity contribution < 1.29 is 19.1 Å². The van der Waals surface area contributed by atoms with Crippen LogP contribution >= 0.6 is 11.6 Å². The number of phenolic OH excluding ortho intramolecular Hbond substituents is 1. The molecular formula is C20H14ClNO4. The Morgan fingerprint density at radius 1 is 1.08 bits per heavy atom. The average Bonchev–Trinajstić information content (AvgIpc) is 3.01. The van der Waals surface area contributed by atoms with E-state index in [1.165, 1.54) is 25.3 Å². The van der Waals surface area contributed by atoms with Gasteiger partial charge in [0.1, 0.15) is 22.7 Å². The van der Waals surface area contributed by atoms with E-state index in [0.29, 0.717) is 21.9 Å². The number of rotatable bonds is 3. The number of furan rings is 1. The molecule has 0 spiro atoms.